The summed E-state index contributed by atoms with van der Waals surface area (Å²) in [5.41, 5.74) is 1.82. The molecule has 1 aromatic carbocycles. The molecule has 0 aromatic heterocycles. The van der Waals surface area contributed by atoms with E-state index in [1.807, 2.05) is 20.8 Å². The number of benzene rings is 1. The lowest BCUT2D eigenvalue weighted by molar-refractivity contribution is 0.395. The van der Waals surface area contributed by atoms with E-state index >= 15 is 0 Å². The van der Waals surface area contributed by atoms with E-state index in [4.69, 9.17) is 4.74 Å². The van der Waals surface area contributed by atoms with Gasteiger partial charge < -0.3 is 10.1 Å². The van der Waals surface area contributed by atoms with Crippen LogP contribution in [-0.4, -0.2) is 13.7 Å². The summed E-state index contributed by atoms with van der Waals surface area (Å²) < 4.78 is 18.9. The molecule has 0 heterocycles. The average Bonchev–Trinajstić information content (AvgIpc) is 2.27. The minimum atomic E-state index is -0.235. The highest BCUT2D eigenvalue weighted by atomic mass is 19.1. The van der Waals surface area contributed by atoms with Crippen molar-refractivity contribution in [2.75, 3.05) is 13.7 Å². The van der Waals surface area contributed by atoms with Crippen molar-refractivity contribution in [2.24, 2.45) is 0 Å². The van der Waals surface area contributed by atoms with Crippen molar-refractivity contribution in [1.29, 1.82) is 0 Å². The predicted octanol–water partition coefficient (Wildman–Crippen LogP) is 3.45. The molecule has 1 atom stereocenters. The van der Waals surface area contributed by atoms with Gasteiger partial charge in [-0.25, -0.2) is 4.39 Å². The number of methoxy groups -OCH3 is 1. The van der Waals surface area contributed by atoms with Crippen LogP contribution in [0.5, 0.6) is 5.75 Å². The Morgan fingerprint density at radius 3 is 2.76 bits per heavy atom. The number of nitrogens with one attached hydrogen (secondary N) is 1. The number of ether oxygens (including phenoxy) is 1. The van der Waals surface area contributed by atoms with Gasteiger partial charge in [0.2, 0.25) is 0 Å². The molecule has 1 unspecified atom stereocenters. The van der Waals surface area contributed by atoms with Gasteiger partial charge >= 0.3 is 0 Å². The second-order valence-electron chi connectivity index (χ2n) is 4.27. The van der Waals surface area contributed by atoms with Gasteiger partial charge in [-0.2, -0.15) is 0 Å². The van der Waals surface area contributed by atoms with Crippen LogP contribution in [-0.2, 0) is 0 Å². The number of hydrogen-bond donors (Lipinski definition) is 1. The third-order valence-corrected chi connectivity index (χ3v) is 2.60. The van der Waals surface area contributed by atoms with Gasteiger partial charge in [0.25, 0.3) is 0 Å². The van der Waals surface area contributed by atoms with Crippen LogP contribution in [0.15, 0.2) is 29.8 Å². The molecule has 0 fully saturated rings. The van der Waals surface area contributed by atoms with E-state index in [0.717, 1.165) is 6.54 Å². The lowest BCUT2D eigenvalue weighted by atomic mass is 10.1. The maximum atomic E-state index is 13.7. The molecule has 1 rings (SSSR count). The van der Waals surface area contributed by atoms with Crippen molar-refractivity contribution in [3.63, 3.8) is 0 Å². The van der Waals surface area contributed by atoms with Crippen LogP contribution in [0.25, 0.3) is 0 Å². The SMILES string of the molecule is COc1cccc(F)c1C(C)NCC=C(C)C. The third kappa shape index (κ3) is 3.86. The normalized spacial score (nSPS) is 12.1. The van der Waals surface area contributed by atoms with E-state index in [1.165, 1.54) is 11.6 Å². The molecule has 2 nitrogen and oxygen atoms in total. The molecule has 0 amide bonds. The second-order valence-corrected chi connectivity index (χ2v) is 4.27. The molecule has 0 saturated carbocycles. The Morgan fingerprint density at radius 1 is 1.47 bits per heavy atom. The summed E-state index contributed by atoms with van der Waals surface area (Å²) in [5.74, 6) is 0.351. The van der Waals surface area contributed by atoms with Crippen molar-refractivity contribution in [3.8, 4) is 5.75 Å². The molecule has 0 aliphatic rings. The van der Waals surface area contributed by atoms with Crippen LogP contribution in [0.2, 0.25) is 0 Å². The quantitative estimate of drug-likeness (QED) is 0.792. The standard InChI is InChI=1S/C14H20FNO/c1-10(2)8-9-16-11(3)14-12(15)6-5-7-13(14)17-4/h5-8,11,16H,9H2,1-4H3. The van der Waals surface area contributed by atoms with Crippen LogP contribution < -0.4 is 10.1 Å². The molecule has 0 spiro atoms. The minimum Gasteiger partial charge on any atom is -0.496 e. The van der Waals surface area contributed by atoms with Gasteiger partial charge in [-0.1, -0.05) is 17.7 Å². The maximum Gasteiger partial charge on any atom is 0.131 e. The van der Waals surface area contributed by atoms with E-state index in [-0.39, 0.29) is 11.9 Å². The van der Waals surface area contributed by atoms with Crippen molar-refractivity contribution in [3.05, 3.63) is 41.2 Å². The van der Waals surface area contributed by atoms with Crippen LogP contribution >= 0.6 is 0 Å². The highest BCUT2D eigenvalue weighted by Gasteiger charge is 2.15. The third-order valence-electron chi connectivity index (χ3n) is 2.60. The summed E-state index contributed by atoms with van der Waals surface area (Å²) >= 11 is 0. The van der Waals surface area contributed by atoms with Gasteiger partial charge in [0.05, 0.1) is 7.11 Å². The molecule has 0 saturated heterocycles. The van der Waals surface area contributed by atoms with Crippen LogP contribution in [0.1, 0.15) is 32.4 Å². The van der Waals surface area contributed by atoms with Gasteiger partial charge in [-0.05, 0) is 32.9 Å². The molecular formula is C14H20FNO. The Morgan fingerprint density at radius 2 is 2.18 bits per heavy atom. The fourth-order valence-electron chi connectivity index (χ4n) is 1.66. The lowest BCUT2D eigenvalue weighted by Crippen LogP contribution is -2.20. The first-order chi connectivity index (χ1) is 8.06. The first kappa shape index (κ1) is 13.7. The number of allylic oxidation sites excluding steroid dienone is 1. The molecule has 1 N–H and O–H groups in total. The zero-order chi connectivity index (χ0) is 12.8. The molecular weight excluding hydrogens is 217 g/mol. The van der Waals surface area contributed by atoms with Crippen molar-refractivity contribution < 1.29 is 9.13 Å². The zero-order valence-electron chi connectivity index (χ0n) is 10.9. The molecule has 0 bridgehead atoms. The van der Waals surface area contributed by atoms with Crippen molar-refractivity contribution >= 4 is 0 Å². The fraction of sp³-hybridized carbons (Fsp3) is 0.429. The van der Waals surface area contributed by atoms with Crippen molar-refractivity contribution in [2.45, 2.75) is 26.8 Å². The predicted molar refractivity (Wildman–Crippen MR) is 68.8 cm³/mol. The summed E-state index contributed by atoms with van der Waals surface area (Å²) in [5, 5.41) is 3.25. The van der Waals surface area contributed by atoms with E-state index in [2.05, 4.69) is 11.4 Å². The Balaban J connectivity index is 2.80. The highest BCUT2D eigenvalue weighted by molar-refractivity contribution is 5.36. The summed E-state index contributed by atoms with van der Waals surface area (Å²) in [6.45, 7) is 6.73. The van der Waals surface area contributed by atoms with E-state index < -0.39 is 0 Å². The van der Waals surface area contributed by atoms with Gasteiger partial charge in [0.1, 0.15) is 11.6 Å². The fourth-order valence-corrected chi connectivity index (χ4v) is 1.66. The van der Waals surface area contributed by atoms with Gasteiger partial charge in [-0.3, -0.25) is 0 Å². The van der Waals surface area contributed by atoms with Crippen molar-refractivity contribution in [1.82, 2.24) is 5.32 Å². The average molecular weight is 237 g/mol. The Kier molecular flexibility index (Phi) is 5.16. The lowest BCUT2D eigenvalue weighted by Gasteiger charge is -2.17. The maximum absolute atomic E-state index is 13.7. The summed E-state index contributed by atoms with van der Waals surface area (Å²) in [6.07, 6.45) is 2.07. The molecule has 0 aliphatic heterocycles. The first-order valence-corrected chi connectivity index (χ1v) is 5.75. The monoisotopic (exact) mass is 237 g/mol. The largest absolute Gasteiger partial charge is 0.496 e. The molecule has 94 valence electrons. The highest BCUT2D eigenvalue weighted by Crippen LogP contribution is 2.27. The molecule has 17 heavy (non-hydrogen) atoms. The Bertz CT molecular complexity index is 397. The van der Waals surface area contributed by atoms with E-state index in [1.54, 1.807) is 19.2 Å². The Hall–Kier alpha value is -1.35. The molecule has 0 radical (unpaired) electrons. The van der Waals surface area contributed by atoms with Crippen LogP contribution in [0.4, 0.5) is 4.39 Å². The Labute approximate surface area is 102 Å². The van der Waals surface area contributed by atoms with E-state index in [9.17, 15) is 4.39 Å². The summed E-state index contributed by atoms with van der Waals surface area (Å²) in [4.78, 5) is 0. The summed E-state index contributed by atoms with van der Waals surface area (Å²) in [7, 11) is 1.56. The number of hydrogen-bond acceptors (Lipinski definition) is 2. The second kappa shape index (κ2) is 6.40. The number of halogens is 1. The topological polar surface area (TPSA) is 21.3 Å². The van der Waals surface area contributed by atoms with Gasteiger partial charge in [0.15, 0.2) is 0 Å². The van der Waals surface area contributed by atoms with Crippen LogP contribution in [0, 0.1) is 5.82 Å². The zero-order valence-corrected chi connectivity index (χ0v) is 10.9. The smallest absolute Gasteiger partial charge is 0.131 e. The minimum absolute atomic E-state index is 0.0817. The van der Waals surface area contributed by atoms with Gasteiger partial charge in [0, 0.05) is 18.2 Å². The number of rotatable bonds is 5. The van der Waals surface area contributed by atoms with E-state index in [0.29, 0.717) is 11.3 Å². The van der Waals surface area contributed by atoms with Crippen LogP contribution in [0.3, 0.4) is 0 Å². The first-order valence-electron chi connectivity index (χ1n) is 5.75. The molecule has 0 aliphatic carbocycles. The molecule has 1 aromatic rings. The van der Waals surface area contributed by atoms with Gasteiger partial charge in [-0.15, -0.1) is 0 Å². The molecule has 3 heteroatoms. The summed E-state index contributed by atoms with van der Waals surface area (Å²) in [6, 6.07) is 4.80.